The molecule has 4 aromatic rings. The first-order chi connectivity index (χ1) is 21.8. The Morgan fingerprint density at radius 1 is 1.02 bits per heavy atom. The Hall–Kier alpha value is -4.65. The van der Waals surface area contributed by atoms with Crippen molar-refractivity contribution in [2.45, 2.75) is 52.9 Å². The second kappa shape index (κ2) is 13.0. The van der Waals surface area contributed by atoms with E-state index in [1.165, 1.54) is 21.7 Å². The Balaban J connectivity index is 1.11. The minimum absolute atomic E-state index is 0.0995. The molecule has 0 spiro atoms. The van der Waals surface area contributed by atoms with E-state index < -0.39 is 22.9 Å². The number of benzene rings is 1. The molecule has 46 heavy (non-hydrogen) atoms. The van der Waals surface area contributed by atoms with E-state index in [2.05, 4.69) is 10.3 Å². The Labute approximate surface area is 263 Å². The molecule has 0 atom stereocenters. The van der Waals surface area contributed by atoms with Crippen LogP contribution in [0.5, 0.6) is 5.75 Å². The predicted octanol–water partition coefficient (Wildman–Crippen LogP) is 5.17. The minimum Gasteiger partial charge on any atom is -0.493 e. The number of nitrogens with one attached hydrogen (secondary N) is 1. The lowest BCUT2D eigenvalue weighted by atomic mass is 9.90. The first kappa shape index (κ1) is 32.7. The number of aryl methyl sites for hydroxylation is 2. The maximum atomic E-state index is 13.1. The molecule has 0 unspecified atom stereocenters. The van der Waals surface area contributed by atoms with E-state index in [-0.39, 0.29) is 29.3 Å². The van der Waals surface area contributed by atoms with Crippen molar-refractivity contribution in [3.05, 3.63) is 82.2 Å². The third-order valence-corrected chi connectivity index (χ3v) is 8.06. The standard InChI is InChI=1S/C33H36F3N5O5/c1-5-41-25-8-7-23(18-26(25)39(4)30(43)32(2,3)31(41)44)45-16-6-12-37-20-21-9-13-38-22(17-21)10-14-40-15-11-27-24(29(40)42)19-28(46-27)33(34,35)36/h7-9,11,13,15,17-19,37H,5-6,10,12,14,16,20H2,1-4H3. The molecule has 10 nitrogen and oxygen atoms in total. The number of hydrogen-bond donors (Lipinski definition) is 1. The summed E-state index contributed by atoms with van der Waals surface area (Å²) in [7, 11) is 1.67. The molecule has 0 aliphatic carbocycles. The zero-order valence-corrected chi connectivity index (χ0v) is 26.1. The molecule has 0 radical (unpaired) electrons. The van der Waals surface area contributed by atoms with Gasteiger partial charge in [-0.2, -0.15) is 13.2 Å². The summed E-state index contributed by atoms with van der Waals surface area (Å²) < 4.78 is 51.0. The quantitative estimate of drug-likeness (QED) is 0.178. The largest absolute Gasteiger partial charge is 0.493 e. The first-order valence-corrected chi connectivity index (χ1v) is 15.0. The Morgan fingerprint density at radius 2 is 1.80 bits per heavy atom. The molecular formula is C33H36F3N5O5. The Morgan fingerprint density at radius 3 is 2.54 bits per heavy atom. The summed E-state index contributed by atoms with van der Waals surface area (Å²) in [5.41, 5.74) is 1.21. The summed E-state index contributed by atoms with van der Waals surface area (Å²) in [6.45, 7) is 7.56. The molecule has 0 saturated carbocycles. The van der Waals surface area contributed by atoms with E-state index >= 15 is 0 Å². The van der Waals surface area contributed by atoms with Gasteiger partial charge < -0.3 is 28.8 Å². The first-order valence-electron chi connectivity index (χ1n) is 15.0. The van der Waals surface area contributed by atoms with Gasteiger partial charge in [-0.3, -0.25) is 19.4 Å². The third kappa shape index (κ3) is 6.64. The lowest BCUT2D eigenvalue weighted by Crippen LogP contribution is -2.47. The number of furan rings is 1. The van der Waals surface area contributed by atoms with Gasteiger partial charge in [0.25, 0.3) is 5.56 Å². The summed E-state index contributed by atoms with van der Waals surface area (Å²) in [4.78, 5) is 46.3. The summed E-state index contributed by atoms with van der Waals surface area (Å²) >= 11 is 0. The lowest BCUT2D eigenvalue weighted by molar-refractivity contribution is -0.152. The molecule has 1 aliphatic heterocycles. The number of carbonyl (C=O) groups is 2. The molecule has 2 amide bonds. The van der Waals surface area contributed by atoms with E-state index in [0.29, 0.717) is 56.2 Å². The summed E-state index contributed by atoms with van der Waals surface area (Å²) in [5.74, 6) is -1.10. The van der Waals surface area contributed by atoms with E-state index in [1.54, 1.807) is 44.1 Å². The maximum absolute atomic E-state index is 13.1. The summed E-state index contributed by atoms with van der Waals surface area (Å²) in [5, 5.41) is 3.26. The highest BCUT2D eigenvalue weighted by Crippen LogP contribution is 2.40. The maximum Gasteiger partial charge on any atom is 0.449 e. The number of halogens is 3. The highest BCUT2D eigenvalue weighted by atomic mass is 19.4. The number of fused-ring (bicyclic) bond motifs is 2. The van der Waals surface area contributed by atoms with Crippen LogP contribution in [0, 0.1) is 5.41 Å². The Kier molecular flexibility index (Phi) is 9.24. The van der Waals surface area contributed by atoms with Crippen molar-refractivity contribution >= 4 is 34.2 Å². The molecule has 13 heteroatoms. The van der Waals surface area contributed by atoms with Crippen LogP contribution < -0.4 is 25.4 Å². The fraction of sp³-hybridized carbons (Fsp3) is 0.394. The molecular weight excluding hydrogens is 603 g/mol. The normalized spacial score (nSPS) is 14.9. The number of rotatable bonds is 11. The molecule has 0 fully saturated rings. The second-order valence-corrected chi connectivity index (χ2v) is 11.7. The summed E-state index contributed by atoms with van der Waals surface area (Å²) in [6.07, 6.45) is -0.429. The SMILES string of the molecule is CCN1C(=O)C(C)(C)C(=O)N(C)c2cc(OCCCNCc3ccnc(CCn4ccc5oc(C(F)(F)F)cc5c4=O)c3)ccc21. The van der Waals surface area contributed by atoms with Gasteiger partial charge in [-0.1, -0.05) is 0 Å². The van der Waals surface area contributed by atoms with Crippen molar-refractivity contribution in [3.63, 3.8) is 0 Å². The zero-order chi connectivity index (χ0) is 33.2. The van der Waals surface area contributed by atoms with E-state index in [9.17, 15) is 27.6 Å². The molecule has 1 aromatic carbocycles. The topological polar surface area (TPSA) is 110 Å². The van der Waals surface area contributed by atoms with Gasteiger partial charge in [0.15, 0.2) is 0 Å². The Bertz CT molecular complexity index is 1810. The van der Waals surface area contributed by atoms with Crippen LogP contribution in [-0.2, 0) is 35.3 Å². The average molecular weight is 640 g/mol. The fourth-order valence-electron chi connectivity index (χ4n) is 5.49. The fourth-order valence-corrected chi connectivity index (χ4v) is 5.49. The van der Waals surface area contributed by atoms with Crippen LogP contribution in [-0.4, -0.2) is 48.1 Å². The average Bonchev–Trinajstić information content (AvgIpc) is 3.47. The van der Waals surface area contributed by atoms with Gasteiger partial charge in [0.05, 0.1) is 23.4 Å². The molecule has 1 N–H and O–H groups in total. The number of alkyl halides is 3. The molecule has 3 aromatic heterocycles. The summed E-state index contributed by atoms with van der Waals surface area (Å²) in [6, 6.07) is 11.3. The minimum atomic E-state index is -4.67. The van der Waals surface area contributed by atoms with Gasteiger partial charge in [0.1, 0.15) is 16.7 Å². The molecule has 1 aliphatic rings. The van der Waals surface area contributed by atoms with Crippen molar-refractivity contribution in [1.29, 1.82) is 0 Å². The molecule has 244 valence electrons. The van der Waals surface area contributed by atoms with Crippen LogP contribution in [0.1, 0.15) is 44.2 Å². The van der Waals surface area contributed by atoms with Crippen molar-refractivity contribution < 1.29 is 31.9 Å². The van der Waals surface area contributed by atoms with Gasteiger partial charge >= 0.3 is 6.18 Å². The monoisotopic (exact) mass is 639 g/mol. The van der Waals surface area contributed by atoms with Gasteiger partial charge in [-0.25, -0.2) is 0 Å². The highest BCUT2D eigenvalue weighted by Gasteiger charge is 2.45. The van der Waals surface area contributed by atoms with E-state index in [1.807, 2.05) is 25.1 Å². The van der Waals surface area contributed by atoms with Crippen LogP contribution >= 0.6 is 0 Å². The lowest BCUT2D eigenvalue weighted by Gasteiger charge is -2.27. The van der Waals surface area contributed by atoms with Gasteiger partial charge in [0.2, 0.25) is 17.6 Å². The number of amides is 2. The molecule has 4 heterocycles. The van der Waals surface area contributed by atoms with Gasteiger partial charge in [0, 0.05) is 63.3 Å². The predicted molar refractivity (Wildman–Crippen MR) is 167 cm³/mol. The number of pyridine rings is 2. The molecule has 0 bridgehead atoms. The van der Waals surface area contributed by atoms with E-state index in [0.717, 1.165) is 17.3 Å². The number of anilines is 2. The van der Waals surface area contributed by atoms with Crippen molar-refractivity contribution in [2.24, 2.45) is 5.41 Å². The zero-order valence-electron chi connectivity index (χ0n) is 26.1. The van der Waals surface area contributed by atoms with Crippen molar-refractivity contribution in [2.75, 3.05) is 36.5 Å². The van der Waals surface area contributed by atoms with Crippen LogP contribution in [0.2, 0.25) is 0 Å². The van der Waals surface area contributed by atoms with Crippen molar-refractivity contribution in [3.8, 4) is 5.75 Å². The van der Waals surface area contributed by atoms with Crippen LogP contribution in [0.3, 0.4) is 0 Å². The van der Waals surface area contributed by atoms with Crippen LogP contribution in [0.25, 0.3) is 11.0 Å². The second-order valence-electron chi connectivity index (χ2n) is 11.7. The third-order valence-electron chi connectivity index (χ3n) is 8.06. The van der Waals surface area contributed by atoms with Gasteiger partial charge in [-0.05, 0) is 69.6 Å². The van der Waals surface area contributed by atoms with E-state index in [4.69, 9.17) is 9.15 Å². The number of aromatic nitrogens is 2. The van der Waals surface area contributed by atoms with Crippen LogP contribution in [0.15, 0.2) is 64.1 Å². The van der Waals surface area contributed by atoms with Gasteiger partial charge in [-0.15, -0.1) is 0 Å². The number of nitrogens with zero attached hydrogens (tertiary/aromatic N) is 4. The van der Waals surface area contributed by atoms with Crippen molar-refractivity contribution in [1.82, 2.24) is 14.9 Å². The highest BCUT2D eigenvalue weighted by molar-refractivity contribution is 6.20. The van der Waals surface area contributed by atoms with Crippen LogP contribution in [0.4, 0.5) is 24.5 Å². The molecule has 5 rings (SSSR count). The number of hydrogen-bond acceptors (Lipinski definition) is 7. The smallest absolute Gasteiger partial charge is 0.449 e. The number of ether oxygens (including phenoxy) is 1. The molecule has 0 saturated heterocycles. The number of carbonyl (C=O) groups excluding carboxylic acids is 2.